The molecule has 1 heterocycles. The molecule has 1 atom stereocenters. The minimum absolute atomic E-state index is 0.541. The van der Waals surface area contributed by atoms with Gasteiger partial charge in [-0.05, 0) is 31.0 Å². The van der Waals surface area contributed by atoms with E-state index in [0.29, 0.717) is 6.04 Å². The molecule has 0 saturated carbocycles. The van der Waals surface area contributed by atoms with Crippen LogP contribution < -0.4 is 15.4 Å². The second-order valence-corrected chi connectivity index (χ2v) is 4.21. The largest absolute Gasteiger partial charge is 0.497 e. The Bertz CT molecular complexity index is 352. The number of fused-ring (bicyclic) bond motifs is 1. The molecule has 1 aromatic rings. The van der Waals surface area contributed by atoms with Crippen LogP contribution in [0.15, 0.2) is 18.2 Å². The van der Waals surface area contributed by atoms with Crippen LogP contribution >= 0.6 is 0 Å². The molecule has 0 amide bonds. The molecule has 1 aromatic carbocycles. The summed E-state index contributed by atoms with van der Waals surface area (Å²) in [6.45, 7) is 4.20. The molecule has 0 fully saturated rings. The van der Waals surface area contributed by atoms with E-state index < -0.39 is 0 Å². The molecule has 0 aromatic heterocycles. The number of aryl methyl sites for hydroxylation is 1. The topological polar surface area (TPSA) is 33.3 Å². The predicted octanol–water partition coefficient (Wildman–Crippen LogP) is 2.03. The Morgan fingerprint density at radius 2 is 2.38 bits per heavy atom. The fourth-order valence-corrected chi connectivity index (χ4v) is 2.13. The van der Waals surface area contributed by atoms with Gasteiger partial charge in [-0.2, -0.15) is 0 Å². The molecule has 3 heteroatoms. The maximum absolute atomic E-state index is 5.24. The Labute approximate surface area is 97.2 Å². The zero-order chi connectivity index (χ0) is 11.4. The van der Waals surface area contributed by atoms with E-state index in [0.717, 1.165) is 25.3 Å². The highest BCUT2D eigenvalue weighted by Crippen LogP contribution is 2.28. The van der Waals surface area contributed by atoms with Crippen molar-refractivity contribution in [2.24, 2.45) is 0 Å². The Kier molecular flexibility index (Phi) is 3.67. The van der Waals surface area contributed by atoms with Gasteiger partial charge in [-0.3, -0.25) is 0 Å². The van der Waals surface area contributed by atoms with Gasteiger partial charge in [0.2, 0.25) is 0 Å². The molecule has 2 N–H and O–H groups in total. The van der Waals surface area contributed by atoms with Gasteiger partial charge in [0, 0.05) is 24.3 Å². The van der Waals surface area contributed by atoms with Crippen LogP contribution in [0.1, 0.15) is 18.9 Å². The van der Waals surface area contributed by atoms with Gasteiger partial charge in [0.1, 0.15) is 5.75 Å². The lowest BCUT2D eigenvalue weighted by Crippen LogP contribution is -2.35. The third-order valence-electron chi connectivity index (χ3n) is 3.08. The zero-order valence-electron chi connectivity index (χ0n) is 10.0. The number of hydrogen-bond acceptors (Lipinski definition) is 3. The van der Waals surface area contributed by atoms with E-state index in [1.165, 1.54) is 17.7 Å². The summed E-state index contributed by atoms with van der Waals surface area (Å²) in [7, 11) is 1.71. The van der Waals surface area contributed by atoms with Gasteiger partial charge in [0.05, 0.1) is 7.11 Å². The maximum Gasteiger partial charge on any atom is 0.120 e. The Morgan fingerprint density at radius 3 is 3.12 bits per heavy atom. The van der Waals surface area contributed by atoms with Crippen molar-refractivity contribution in [3.8, 4) is 5.75 Å². The number of likely N-dealkylation sites (N-methyl/N-ethyl adjacent to an activating group) is 1. The van der Waals surface area contributed by atoms with Crippen molar-refractivity contribution in [2.45, 2.75) is 25.8 Å². The summed E-state index contributed by atoms with van der Waals surface area (Å²) in [6, 6.07) is 6.82. The zero-order valence-corrected chi connectivity index (χ0v) is 10.0. The molecule has 88 valence electrons. The van der Waals surface area contributed by atoms with Crippen molar-refractivity contribution >= 4 is 5.69 Å². The molecule has 3 nitrogen and oxygen atoms in total. The average molecular weight is 220 g/mol. The van der Waals surface area contributed by atoms with Gasteiger partial charge in [-0.15, -0.1) is 0 Å². The molecule has 0 spiro atoms. The minimum Gasteiger partial charge on any atom is -0.497 e. The lowest BCUT2D eigenvalue weighted by atomic mass is 9.98. The molecule has 0 radical (unpaired) electrons. The van der Waals surface area contributed by atoms with E-state index in [1.54, 1.807) is 7.11 Å². The second kappa shape index (κ2) is 5.21. The molecule has 1 unspecified atom stereocenters. The number of rotatable bonds is 4. The summed E-state index contributed by atoms with van der Waals surface area (Å²) in [5, 5.41) is 6.95. The average Bonchev–Trinajstić information content (AvgIpc) is 2.35. The second-order valence-electron chi connectivity index (χ2n) is 4.21. The van der Waals surface area contributed by atoms with Gasteiger partial charge in [-0.25, -0.2) is 0 Å². The molecule has 1 aliphatic rings. The fourth-order valence-electron chi connectivity index (χ4n) is 2.13. The first-order chi connectivity index (χ1) is 7.83. The molecular formula is C13H20N2O. The number of hydrogen-bond donors (Lipinski definition) is 2. The highest BCUT2D eigenvalue weighted by molar-refractivity contribution is 5.57. The monoisotopic (exact) mass is 220 g/mol. The highest BCUT2D eigenvalue weighted by atomic mass is 16.5. The summed E-state index contributed by atoms with van der Waals surface area (Å²) < 4.78 is 5.24. The van der Waals surface area contributed by atoms with E-state index in [9.17, 15) is 0 Å². The Balaban J connectivity index is 2.06. The van der Waals surface area contributed by atoms with Gasteiger partial charge < -0.3 is 15.4 Å². The van der Waals surface area contributed by atoms with Gasteiger partial charge >= 0.3 is 0 Å². The SMILES string of the molecule is CCNCC1CCc2ccc(OC)cc2N1. The molecule has 0 saturated heterocycles. The summed E-state index contributed by atoms with van der Waals surface area (Å²) in [5.41, 5.74) is 2.63. The van der Waals surface area contributed by atoms with Gasteiger partial charge in [0.15, 0.2) is 0 Å². The highest BCUT2D eigenvalue weighted by Gasteiger charge is 2.17. The molecule has 16 heavy (non-hydrogen) atoms. The van der Waals surface area contributed by atoms with Crippen LogP contribution in [0, 0.1) is 0 Å². The van der Waals surface area contributed by atoms with Crippen molar-refractivity contribution < 1.29 is 4.74 Å². The van der Waals surface area contributed by atoms with Crippen LogP contribution in [-0.4, -0.2) is 26.2 Å². The predicted molar refractivity (Wildman–Crippen MR) is 67.3 cm³/mol. The van der Waals surface area contributed by atoms with E-state index in [4.69, 9.17) is 4.74 Å². The number of benzene rings is 1. The summed E-state index contributed by atoms with van der Waals surface area (Å²) in [4.78, 5) is 0. The summed E-state index contributed by atoms with van der Waals surface area (Å²) >= 11 is 0. The standard InChI is InChI=1S/C13H20N2O/c1-3-14-9-11-6-4-10-5-7-12(16-2)8-13(10)15-11/h5,7-8,11,14-15H,3-4,6,9H2,1-2H3. The van der Waals surface area contributed by atoms with Crippen LogP contribution in [0.3, 0.4) is 0 Å². The first-order valence-corrected chi connectivity index (χ1v) is 5.97. The molecule has 1 aliphatic heterocycles. The van der Waals surface area contributed by atoms with Crippen LogP contribution in [0.2, 0.25) is 0 Å². The van der Waals surface area contributed by atoms with Crippen LogP contribution in [0.4, 0.5) is 5.69 Å². The van der Waals surface area contributed by atoms with Crippen molar-refractivity contribution in [1.82, 2.24) is 5.32 Å². The summed E-state index contributed by atoms with van der Waals surface area (Å²) in [5.74, 6) is 0.926. The van der Waals surface area contributed by atoms with Crippen LogP contribution in [-0.2, 0) is 6.42 Å². The van der Waals surface area contributed by atoms with Crippen molar-refractivity contribution in [3.63, 3.8) is 0 Å². The van der Waals surface area contributed by atoms with E-state index in [2.05, 4.69) is 29.7 Å². The van der Waals surface area contributed by atoms with Gasteiger partial charge in [0.25, 0.3) is 0 Å². The van der Waals surface area contributed by atoms with Crippen molar-refractivity contribution in [2.75, 3.05) is 25.5 Å². The third kappa shape index (κ3) is 2.47. The number of nitrogens with one attached hydrogen (secondary N) is 2. The minimum atomic E-state index is 0.541. The van der Waals surface area contributed by atoms with Crippen LogP contribution in [0.25, 0.3) is 0 Å². The smallest absolute Gasteiger partial charge is 0.120 e. The molecule has 2 rings (SSSR count). The first kappa shape index (κ1) is 11.3. The Hall–Kier alpha value is -1.22. The Morgan fingerprint density at radius 1 is 1.50 bits per heavy atom. The number of anilines is 1. The quantitative estimate of drug-likeness (QED) is 0.814. The summed E-state index contributed by atoms with van der Waals surface area (Å²) in [6.07, 6.45) is 2.36. The van der Waals surface area contributed by atoms with E-state index in [-0.39, 0.29) is 0 Å². The van der Waals surface area contributed by atoms with Crippen molar-refractivity contribution in [1.29, 1.82) is 0 Å². The number of ether oxygens (including phenoxy) is 1. The first-order valence-electron chi connectivity index (χ1n) is 5.97. The van der Waals surface area contributed by atoms with E-state index in [1.807, 2.05) is 6.07 Å². The maximum atomic E-state index is 5.24. The third-order valence-corrected chi connectivity index (χ3v) is 3.08. The molecular weight excluding hydrogens is 200 g/mol. The van der Waals surface area contributed by atoms with E-state index >= 15 is 0 Å². The van der Waals surface area contributed by atoms with Crippen LogP contribution in [0.5, 0.6) is 5.75 Å². The molecule has 0 aliphatic carbocycles. The van der Waals surface area contributed by atoms with Gasteiger partial charge in [-0.1, -0.05) is 13.0 Å². The normalized spacial score (nSPS) is 18.8. The fraction of sp³-hybridized carbons (Fsp3) is 0.538. The lowest BCUT2D eigenvalue weighted by molar-refractivity contribution is 0.414. The molecule has 0 bridgehead atoms. The lowest BCUT2D eigenvalue weighted by Gasteiger charge is -2.27. The number of methoxy groups -OCH3 is 1. The van der Waals surface area contributed by atoms with Crippen molar-refractivity contribution in [3.05, 3.63) is 23.8 Å².